The number of piperidine rings is 1. The van der Waals surface area contributed by atoms with Crippen LogP contribution in [-0.4, -0.2) is 43.3 Å². The van der Waals surface area contributed by atoms with Crippen molar-refractivity contribution in [3.05, 3.63) is 36.1 Å². The average molecular weight is 382 g/mol. The summed E-state index contributed by atoms with van der Waals surface area (Å²) in [5, 5.41) is 11.9. The number of H-pyrrole nitrogens is 1. The van der Waals surface area contributed by atoms with Crippen LogP contribution in [0.15, 0.2) is 27.5 Å². The molecule has 0 aromatic carbocycles. The predicted molar refractivity (Wildman–Crippen MR) is 101 cm³/mol. The van der Waals surface area contributed by atoms with Gasteiger partial charge in [0.2, 0.25) is 0 Å². The SMILES string of the molecule is c1cc(-c2nc(CN3CCC[C@@H](c4n[nH]c(C5CCCCC5)n4)C3)no2)co1. The zero-order chi connectivity index (χ0) is 18.8. The van der Waals surface area contributed by atoms with E-state index < -0.39 is 0 Å². The first-order chi connectivity index (χ1) is 13.8. The van der Waals surface area contributed by atoms with E-state index >= 15 is 0 Å². The minimum Gasteiger partial charge on any atom is -0.472 e. The lowest BCUT2D eigenvalue weighted by molar-refractivity contribution is 0.190. The second kappa shape index (κ2) is 7.87. The van der Waals surface area contributed by atoms with E-state index in [-0.39, 0.29) is 0 Å². The number of aromatic amines is 1. The maximum atomic E-state index is 5.36. The Bertz CT molecular complexity index is 880. The summed E-state index contributed by atoms with van der Waals surface area (Å²) >= 11 is 0. The molecule has 1 aliphatic heterocycles. The number of aromatic nitrogens is 5. The van der Waals surface area contributed by atoms with Crippen molar-refractivity contribution in [2.24, 2.45) is 0 Å². The third-order valence-corrected chi connectivity index (χ3v) is 5.98. The smallest absolute Gasteiger partial charge is 0.261 e. The number of hydrogen-bond donors (Lipinski definition) is 1. The molecule has 2 aliphatic rings. The molecule has 4 heterocycles. The van der Waals surface area contributed by atoms with Crippen LogP contribution in [0.25, 0.3) is 11.5 Å². The minimum absolute atomic E-state index is 0.364. The molecule has 28 heavy (non-hydrogen) atoms. The van der Waals surface area contributed by atoms with E-state index in [2.05, 4.69) is 25.2 Å². The Morgan fingerprint density at radius 3 is 2.82 bits per heavy atom. The van der Waals surface area contributed by atoms with Crippen molar-refractivity contribution in [1.82, 2.24) is 30.2 Å². The third-order valence-electron chi connectivity index (χ3n) is 5.98. The van der Waals surface area contributed by atoms with E-state index in [0.717, 1.165) is 43.1 Å². The van der Waals surface area contributed by atoms with Gasteiger partial charge in [-0.2, -0.15) is 10.1 Å². The highest BCUT2D eigenvalue weighted by atomic mass is 16.5. The van der Waals surface area contributed by atoms with Crippen LogP contribution in [0, 0.1) is 0 Å². The number of hydrogen-bond acceptors (Lipinski definition) is 7. The number of nitrogens with zero attached hydrogens (tertiary/aromatic N) is 5. The largest absolute Gasteiger partial charge is 0.472 e. The van der Waals surface area contributed by atoms with Gasteiger partial charge >= 0.3 is 0 Å². The normalized spacial score (nSPS) is 21.9. The standard InChI is InChI=1S/C20H26N6O2/c1-2-5-14(6-3-1)18-22-19(24-23-18)15-7-4-9-26(11-15)12-17-21-20(28-25-17)16-8-10-27-13-16/h8,10,13-15H,1-7,9,11-12H2,(H,22,23,24)/t15-/m1/s1. The summed E-state index contributed by atoms with van der Waals surface area (Å²) in [5.41, 5.74) is 0.811. The van der Waals surface area contributed by atoms with Gasteiger partial charge in [0.25, 0.3) is 5.89 Å². The molecule has 1 aliphatic carbocycles. The lowest BCUT2D eigenvalue weighted by Gasteiger charge is -2.30. The van der Waals surface area contributed by atoms with Crippen LogP contribution < -0.4 is 0 Å². The van der Waals surface area contributed by atoms with Crippen molar-refractivity contribution in [1.29, 1.82) is 0 Å². The Kier molecular flexibility index (Phi) is 4.95. The Balaban J connectivity index is 1.22. The number of nitrogens with one attached hydrogen (secondary N) is 1. The van der Waals surface area contributed by atoms with Gasteiger partial charge in [0.05, 0.1) is 18.4 Å². The van der Waals surface area contributed by atoms with Crippen molar-refractivity contribution in [2.75, 3.05) is 13.1 Å². The van der Waals surface area contributed by atoms with E-state index in [1.807, 2.05) is 6.07 Å². The van der Waals surface area contributed by atoms with E-state index in [1.54, 1.807) is 12.5 Å². The molecule has 8 nitrogen and oxygen atoms in total. The molecule has 3 aromatic rings. The highest BCUT2D eigenvalue weighted by Crippen LogP contribution is 2.32. The Morgan fingerprint density at radius 2 is 1.96 bits per heavy atom. The number of furan rings is 1. The highest BCUT2D eigenvalue weighted by Gasteiger charge is 2.27. The molecule has 0 bridgehead atoms. The van der Waals surface area contributed by atoms with Crippen LogP contribution in [0.4, 0.5) is 0 Å². The molecule has 2 fully saturated rings. The molecule has 1 saturated carbocycles. The Hall–Kier alpha value is -2.48. The van der Waals surface area contributed by atoms with Gasteiger partial charge in [-0.3, -0.25) is 10.00 Å². The summed E-state index contributed by atoms with van der Waals surface area (Å²) in [7, 11) is 0. The summed E-state index contributed by atoms with van der Waals surface area (Å²) in [5.74, 6) is 4.20. The van der Waals surface area contributed by atoms with Crippen LogP contribution in [0.3, 0.4) is 0 Å². The monoisotopic (exact) mass is 382 g/mol. The fraction of sp³-hybridized carbons (Fsp3) is 0.600. The van der Waals surface area contributed by atoms with Gasteiger partial charge < -0.3 is 8.94 Å². The van der Waals surface area contributed by atoms with Crippen molar-refractivity contribution >= 4 is 0 Å². The van der Waals surface area contributed by atoms with Crippen molar-refractivity contribution in [2.45, 2.75) is 63.3 Å². The first kappa shape index (κ1) is 17.6. The molecule has 0 spiro atoms. The summed E-state index contributed by atoms with van der Waals surface area (Å²) in [6, 6.07) is 1.82. The van der Waals surface area contributed by atoms with Gasteiger partial charge in [-0.1, -0.05) is 24.4 Å². The van der Waals surface area contributed by atoms with Crippen LogP contribution in [0.5, 0.6) is 0 Å². The molecule has 8 heteroatoms. The van der Waals surface area contributed by atoms with Gasteiger partial charge in [-0.25, -0.2) is 4.98 Å². The van der Waals surface area contributed by atoms with Gasteiger partial charge in [0, 0.05) is 18.4 Å². The lowest BCUT2D eigenvalue weighted by Crippen LogP contribution is -2.34. The van der Waals surface area contributed by atoms with Crippen LogP contribution in [0.1, 0.15) is 74.3 Å². The summed E-state index contributed by atoms with van der Waals surface area (Å²) in [4.78, 5) is 11.7. The Morgan fingerprint density at radius 1 is 1.07 bits per heavy atom. The Labute approximate surface area is 163 Å². The third kappa shape index (κ3) is 3.73. The molecule has 148 valence electrons. The van der Waals surface area contributed by atoms with Crippen LogP contribution in [0.2, 0.25) is 0 Å². The quantitative estimate of drug-likeness (QED) is 0.715. The van der Waals surface area contributed by atoms with E-state index in [4.69, 9.17) is 13.9 Å². The zero-order valence-corrected chi connectivity index (χ0v) is 16.0. The molecule has 0 radical (unpaired) electrons. The summed E-state index contributed by atoms with van der Waals surface area (Å²) in [6.45, 7) is 2.64. The van der Waals surface area contributed by atoms with Crippen molar-refractivity contribution in [3.8, 4) is 11.5 Å². The van der Waals surface area contributed by atoms with Crippen molar-refractivity contribution in [3.63, 3.8) is 0 Å². The summed E-state index contributed by atoms with van der Waals surface area (Å²) in [6.07, 6.45) is 11.9. The molecule has 1 atom stereocenters. The van der Waals surface area contributed by atoms with Crippen molar-refractivity contribution < 1.29 is 8.94 Å². The molecular weight excluding hydrogens is 356 g/mol. The molecule has 1 N–H and O–H groups in total. The molecule has 5 rings (SSSR count). The van der Waals surface area contributed by atoms with Crippen LogP contribution >= 0.6 is 0 Å². The predicted octanol–water partition coefficient (Wildman–Crippen LogP) is 3.88. The average Bonchev–Trinajstić information content (AvgIpc) is 3.50. The van der Waals surface area contributed by atoms with E-state index in [0.29, 0.717) is 30.1 Å². The van der Waals surface area contributed by atoms with Gasteiger partial charge in [0.15, 0.2) is 11.6 Å². The van der Waals surface area contributed by atoms with Gasteiger partial charge in [-0.15, -0.1) is 0 Å². The lowest BCUT2D eigenvalue weighted by atomic mass is 9.89. The zero-order valence-electron chi connectivity index (χ0n) is 16.0. The topological polar surface area (TPSA) is 96.9 Å². The maximum Gasteiger partial charge on any atom is 0.261 e. The van der Waals surface area contributed by atoms with Gasteiger partial charge in [-0.05, 0) is 38.3 Å². The van der Waals surface area contributed by atoms with E-state index in [9.17, 15) is 0 Å². The first-order valence-electron chi connectivity index (χ1n) is 10.3. The minimum atomic E-state index is 0.364. The second-order valence-electron chi connectivity index (χ2n) is 8.02. The molecule has 1 saturated heterocycles. The van der Waals surface area contributed by atoms with Gasteiger partial charge in [0.1, 0.15) is 12.1 Å². The molecular formula is C20H26N6O2. The number of rotatable bonds is 5. The summed E-state index contributed by atoms with van der Waals surface area (Å²) < 4.78 is 10.4. The maximum absolute atomic E-state index is 5.36. The molecule has 3 aromatic heterocycles. The molecule has 0 amide bonds. The molecule has 0 unspecified atom stereocenters. The first-order valence-corrected chi connectivity index (χ1v) is 10.3. The second-order valence-corrected chi connectivity index (χ2v) is 8.02. The number of likely N-dealkylation sites (tertiary alicyclic amines) is 1. The fourth-order valence-corrected chi connectivity index (χ4v) is 4.46. The van der Waals surface area contributed by atoms with Crippen LogP contribution in [-0.2, 0) is 6.54 Å². The fourth-order valence-electron chi connectivity index (χ4n) is 4.46. The highest BCUT2D eigenvalue weighted by molar-refractivity contribution is 5.49. The van der Waals surface area contributed by atoms with E-state index in [1.165, 1.54) is 32.1 Å².